The molecule has 0 saturated heterocycles. The zero-order valence-electron chi connectivity index (χ0n) is 17.7. The smallest absolute Gasteiger partial charge is 0.416 e. The molecule has 1 N–H and O–H groups in total. The zero-order valence-corrected chi connectivity index (χ0v) is 17.7. The van der Waals surface area contributed by atoms with E-state index in [0.29, 0.717) is 10.9 Å². The number of aromatic nitrogens is 1. The van der Waals surface area contributed by atoms with E-state index in [4.69, 9.17) is 9.15 Å². The summed E-state index contributed by atoms with van der Waals surface area (Å²) in [6.07, 6.45) is -3.62. The minimum absolute atomic E-state index is 0.0196. The number of pyridine rings is 1. The first kappa shape index (κ1) is 22.8. The summed E-state index contributed by atoms with van der Waals surface area (Å²) >= 11 is 0. The van der Waals surface area contributed by atoms with Gasteiger partial charge in [-0.05, 0) is 35.7 Å². The lowest BCUT2D eigenvalue weighted by molar-refractivity contribution is -0.137. The van der Waals surface area contributed by atoms with E-state index in [-0.39, 0.29) is 22.8 Å². The summed E-state index contributed by atoms with van der Waals surface area (Å²) in [5.41, 5.74) is -2.15. The number of benzene rings is 2. The first-order valence-corrected chi connectivity index (χ1v) is 9.94. The van der Waals surface area contributed by atoms with Gasteiger partial charge in [0.1, 0.15) is 17.6 Å². The first-order chi connectivity index (χ1) is 16.2. The molecule has 174 valence electrons. The zero-order chi connectivity index (χ0) is 24.5. The van der Waals surface area contributed by atoms with Crippen LogP contribution in [-0.4, -0.2) is 18.0 Å². The van der Waals surface area contributed by atoms with Gasteiger partial charge in [-0.1, -0.05) is 24.3 Å². The molecule has 2 heterocycles. The number of fused-ring (bicyclic) bond motifs is 1. The molecular weight excluding hydrogens is 453 g/mol. The summed E-state index contributed by atoms with van der Waals surface area (Å²) in [4.78, 5) is 41.8. The Balaban J connectivity index is 1.83. The van der Waals surface area contributed by atoms with Gasteiger partial charge in [-0.15, -0.1) is 0 Å². The number of hydrogen-bond donors (Lipinski definition) is 1. The van der Waals surface area contributed by atoms with E-state index in [0.717, 1.165) is 35.4 Å². The lowest BCUT2D eigenvalue weighted by Gasteiger charge is -2.23. The number of nitrogens with one attached hydrogen (secondary N) is 1. The van der Waals surface area contributed by atoms with Crippen LogP contribution in [0.4, 0.5) is 18.9 Å². The van der Waals surface area contributed by atoms with Crippen molar-refractivity contribution < 1.29 is 27.1 Å². The summed E-state index contributed by atoms with van der Waals surface area (Å²) in [5.74, 6) is -0.967. The second kappa shape index (κ2) is 8.89. The van der Waals surface area contributed by atoms with Crippen LogP contribution in [0.3, 0.4) is 0 Å². The fourth-order valence-corrected chi connectivity index (χ4v) is 3.41. The molecule has 2 aromatic heterocycles. The molecule has 0 aliphatic heterocycles. The SMILES string of the molecule is COc1coc(CN(C(=O)c2cc3ccccc3[nH]c2=O)c2cccc(C(F)(F)F)c2)cc1=O. The van der Waals surface area contributed by atoms with E-state index >= 15 is 0 Å². The Hall–Kier alpha value is -4.34. The van der Waals surface area contributed by atoms with E-state index in [2.05, 4.69) is 4.98 Å². The van der Waals surface area contributed by atoms with E-state index in [9.17, 15) is 27.6 Å². The van der Waals surface area contributed by atoms with Crippen molar-refractivity contribution in [3.63, 3.8) is 0 Å². The fraction of sp³-hybridized carbons (Fsp3) is 0.125. The van der Waals surface area contributed by atoms with Crippen LogP contribution in [0.2, 0.25) is 0 Å². The molecule has 0 unspecified atom stereocenters. The molecule has 10 heteroatoms. The molecule has 1 amide bonds. The Morgan fingerprint density at radius 2 is 1.82 bits per heavy atom. The van der Waals surface area contributed by atoms with E-state index < -0.39 is 35.2 Å². The van der Waals surface area contributed by atoms with Crippen LogP contribution < -0.4 is 20.6 Å². The second-order valence-electron chi connectivity index (χ2n) is 7.32. The van der Waals surface area contributed by atoms with Crippen molar-refractivity contribution in [1.82, 2.24) is 4.98 Å². The molecule has 0 saturated carbocycles. The molecule has 7 nitrogen and oxygen atoms in total. The predicted molar refractivity (Wildman–Crippen MR) is 118 cm³/mol. The number of anilines is 1. The van der Waals surface area contributed by atoms with Gasteiger partial charge >= 0.3 is 6.18 Å². The summed E-state index contributed by atoms with van der Waals surface area (Å²) in [5, 5.41) is 0.561. The van der Waals surface area contributed by atoms with Crippen LogP contribution in [0.25, 0.3) is 10.9 Å². The Morgan fingerprint density at radius 3 is 2.53 bits per heavy atom. The number of carbonyl (C=O) groups is 1. The molecule has 0 fully saturated rings. The standard InChI is InChI=1S/C24H17F3N2O5/c1-33-21-13-34-17(11-20(21)30)12-29(16-7-4-6-15(10-16)24(25,26)27)23(32)18-9-14-5-2-3-8-19(14)28-22(18)31/h2-11,13H,12H2,1H3,(H,28,31). The first-order valence-electron chi connectivity index (χ1n) is 9.94. The number of H-pyrrole nitrogens is 1. The fourth-order valence-electron chi connectivity index (χ4n) is 3.41. The van der Waals surface area contributed by atoms with Gasteiger partial charge in [0.2, 0.25) is 11.2 Å². The summed E-state index contributed by atoms with van der Waals surface area (Å²) in [7, 11) is 1.27. The number of hydrogen-bond acceptors (Lipinski definition) is 5. The molecule has 4 aromatic rings. The molecule has 0 bridgehead atoms. The number of ether oxygens (including phenoxy) is 1. The molecule has 34 heavy (non-hydrogen) atoms. The van der Waals surface area contributed by atoms with Gasteiger partial charge in [0.25, 0.3) is 11.5 Å². The number of nitrogens with zero attached hydrogens (tertiary/aromatic N) is 1. The molecule has 0 aliphatic rings. The number of alkyl halides is 3. The third kappa shape index (κ3) is 4.56. The van der Waals surface area contributed by atoms with Crippen LogP contribution >= 0.6 is 0 Å². The van der Waals surface area contributed by atoms with Crippen molar-refractivity contribution >= 4 is 22.5 Å². The minimum atomic E-state index is -4.65. The summed E-state index contributed by atoms with van der Waals surface area (Å²) in [6.45, 7) is -0.411. The average molecular weight is 470 g/mol. The highest BCUT2D eigenvalue weighted by atomic mass is 19.4. The molecule has 4 rings (SSSR count). The van der Waals surface area contributed by atoms with Crippen LogP contribution in [0, 0.1) is 0 Å². The number of aromatic amines is 1. The van der Waals surface area contributed by atoms with E-state index in [1.165, 1.54) is 19.2 Å². The molecule has 2 aromatic carbocycles. The third-order valence-electron chi connectivity index (χ3n) is 5.10. The highest BCUT2D eigenvalue weighted by Gasteiger charge is 2.32. The van der Waals surface area contributed by atoms with Crippen molar-refractivity contribution in [3.05, 3.63) is 104 Å². The van der Waals surface area contributed by atoms with Crippen molar-refractivity contribution in [1.29, 1.82) is 0 Å². The van der Waals surface area contributed by atoms with Crippen molar-refractivity contribution in [3.8, 4) is 5.75 Å². The Labute approximate surface area is 190 Å². The molecule has 0 aliphatic carbocycles. The van der Waals surface area contributed by atoms with Gasteiger partial charge in [0.05, 0.1) is 19.2 Å². The van der Waals surface area contributed by atoms with E-state index in [1.54, 1.807) is 24.3 Å². The molecule has 0 spiro atoms. The van der Waals surface area contributed by atoms with Gasteiger partial charge in [-0.3, -0.25) is 14.4 Å². The minimum Gasteiger partial charge on any atom is -0.490 e. The molecule has 0 radical (unpaired) electrons. The number of amides is 1. The maximum atomic E-state index is 13.5. The monoisotopic (exact) mass is 470 g/mol. The molecule has 0 atom stereocenters. The van der Waals surface area contributed by atoms with Gasteiger partial charge in [0, 0.05) is 17.3 Å². The number of rotatable bonds is 5. The van der Waals surface area contributed by atoms with Crippen molar-refractivity contribution in [2.45, 2.75) is 12.7 Å². The van der Waals surface area contributed by atoms with Crippen LogP contribution in [-0.2, 0) is 12.7 Å². The Morgan fingerprint density at radius 1 is 1.06 bits per heavy atom. The maximum Gasteiger partial charge on any atom is 0.416 e. The summed E-state index contributed by atoms with van der Waals surface area (Å²) < 4.78 is 50.2. The maximum absolute atomic E-state index is 13.5. The summed E-state index contributed by atoms with van der Waals surface area (Å²) in [6, 6.07) is 13.3. The van der Waals surface area contributed by atoms with Crippen LogP contribution in [0.1, 0.15) is 21.7 Å². The van der Waals surface area contributed by atoms with Crippen molar-refractivity contribution in [2.24, 2.45) is 0 Å². The normalized spacial score (nSPS) is 11.4. The molecular formula is C24H17F3N2O5. The second-order valence-corrected chi connectivity index (χ2v) is 7.32. The Bertz CT molecular complexity index is 1490. The quantitative estimate of drug-likeness (QED) is 0.468. The number of carbonyl (C=O) groups excluding carboxylic acids is 1. The van der Waals surface area contributed by atoms with Gasteiger partial charge < -0.3 is 19.0 Å². The highest BCUT2D eigenvalue weighted by Crippen LogP contribution is 2.32. The van der Waals surface area contributed by atoms with Gasteiger partial charge in [-0.25, -0.2) is 0 Å². The van der Waals surface area contributed by atoms with Crippen LogP contribution in [0.15, 0.2) is 80.9 Å². The van der Waals surface area contributed by atoms with Crippen LogP contribution in [0.5, 0.6) is 5.75 Å². The number of methoxy groups -OCH3 is 1. The number of halogens is 3. The third-order valence-corrected chi connectivity index (χ3v) is 5.10. The highest BCUT2D eigenvalue weighted by molar-refractivity contribution is 6.07. The lowest BCUT2D eigenvalue weighted by atomic mass is 10.1. The van der Waals surface area contributed by atoms with Gasteiger partial charge in [0.15, 0.2) is 0 Å². The largest absolute Gasteiger partial charge is 0.490 e. The van der Waals surface area contributed by atoms with E-state index in [1.807, 2.05) is 0 Å². The van der Waals surface area contributed by atoms with Crippen molar-refractivity contribution in [2.75, 3.05) is 12.0 Å². The average Bonchev–Trinajstić information content (AvgIpc) is 2.81. The topological polar surface area (TPSA) is 92.6 Å². The predicted octanol–water partition coefficient (Wildman–Crippen LogP) is 4.36. The lowest BCUT2D eigenvalue weighted by Crippen LogP contribution is -2.35. The number of para-hydroxylation sites is 1. The Kier molecular flexibility index (Phi) is 5.97. The van der Waals surface area contributed by atoms with Gasteiger partial charge in [-0.2, -0.15) is 13.2 Å².